The van der Waals surface area contributed by atoms with Crippen LogP contribution >= 0.6 is 0 Å². The molecular weight excluding hydrogens is 370 g/mol. The maximum atomic E-state index is 13.1. The minimum Gasteiger partial charge on any atom is -0.348 e. The van der Waals surface area contributed by atoms with E-state index in [2.05, 4.69) is 48.4 Å². The van der Waals surface area contributed by atoms with E-state index in [1.165, 1.54) is 5.56 Å². The van der Waals surface area contributed by atoms with Crippen molar-refractivity contribution in [2.75, 3.05) is 0 Å². The van der Waals surface area contributed by atoms with Crippen molar-refractivity contribution >= 4 is 16.8 Å². The van der Waals surface area contributed by atoms with Crippen molar-refractivity contribution in [2.45, 2.75) is 33.2 Å². The lowest BCUT2D eigenvalue weighted by Crippen LogP contribution is -2.23. The van der Waals surface area contributed by atoms with Gasteiger partial charge in [0.1, 0.15) is 0 Å². The molecule has 2 heterocycles. The summed E-state index contributed by atoms with van der Waals surface area (Å²) in [4.78, 5) is 22.1. The second kappa shape index (κ2) is 8.46. The van der Waals surface area contributed by atoms with Crippen LogP contribution in [-0.2, 0) is 6.54 Å². The SMILES string of the molecule is Cc1ccc2nc(-c3ccc(C(C)C)cc3)cc(C(=O)NCc3cccnc3)c2c1. The third-order valence-corrected chi connectivity index (χ3v) is 5.26. The molecule has 0 fully saturated rings. The maximum Gasteiger partial charge on any atom is 0.252 e. The van der Waals surface area contributed by atoms with Gasteiger partial charge in [-0.15, -0.1) is 0 Å². The molecule has 0 bridgehead atoms. The van der Waals surface area contributed by atoms with Gasteiger partial charge in [0.2, 0.25) is 0 Å². The molecule has 1 N–H and O–H groups in total. The number of carbonyl (C=O) groups excluding carboxylic acids is 1. The molecule has 2 aromatic heterocycles. The molecule has 4 nitrogen and oxygen atoms in total. The topological polar surface area (TPSA) is 54.9 Å². The highest BCUT2D eigenvalue weighted by atomic mass is 16.1. The van der Waals surface area contributed by atoms with Crippen LogP contribution in [0.1, 0.15) is 46.8 Å². The summed E-state index contributed by atoms with van der Waals surface area (Å²) in [7, 11) is 0. The highest BCUT2D eigenvalue weighted by Gasteiger charge is 2.14. The van der Waals surface area contributed by atoms with Crippen molar-refractivity contribution in [3.63, 3.8) is 0 Å². The summed E-state index contributed by atoms with van der Waals surface area (Å²) in [6.45, 7) is 6.81. The van der Waals surface area contributed by atoms with Crippen molar-refractivity contribution < 1.29 is 4.79 Å². The van der Waals surface area contributed by atoms with Crippen molar-refractivity contribution in [3.8, 4) is 11.3 Å². The van der Waals surface area contributed by atoms with Gasteiger partial charge in [0, 0.05) is 29.9 Å². The Bertz CT molecular complexity index is 1180. The van der Waals surface area contributed by atoms with E-state index in [0.717, 1.165) is 33.3 Å². The van der Waals surface area contributed by atoms with Crippen molar-refractivity contribution in [2.24, 2.45) is 0 Å². The van der Waals surface area contributed by atoms with Crippen LogP contribution in [0, 0.1) is 6.92 Å². The average Bonchev–Trinajstić information content (AvgIpc) is 2.77. The number of fused-ring (bicyclic) bond motifs is 1. The number of hydrogen-bond donors (Lipinski definition) is 1. The van der Waals surface area contributed by atoms with E-state index >= 15 is 0 Å². The number of rotatable bonds is 5. The lowest BCUT2D eigenvalue weighted by atomic mass is 9.98. The summed E-state index contributed by atoms with van der Waals surface area (Å²) in [6, 6.07) is 20.1. The van der Waals surface area contributed by atoms with Crippen LogP contribution in [0.5, 0.6) is 0 Å². The molecule has 0 aliphatic heterocycles. The molecular formula is C26H25N3O. The number of pyridine rings is 2. The largest absolute Gasteiger partial charge is 0.348 e. The van der Waals surface area contributed by atoms with Gasteiger partial charge in [0.05, 0.1) is 16.8 Å². The molecule has 2 aromatic carbocycles. The Morgan fingerprint density at radius 1 is 1.03 bits per heavy atom. The van der Waals surface area contributed by atoms with E-state index in [9.17, 15) is 4.79 Å². The highest BCUT2D eigenvalue weighted by Crippen LogP contribution is 2.27. The fourth-order valence-electron chi connectivity index (χ4n) is 3.49. The van der Waals surface area contributed by atoms with E-state index in [0.29, 0.717) is 18.0 Å². The van der Waals surface area contributed by atoms with Crippen LogP contribution in [0.4, 0.5) is 0 Å². The van der Waals surface area contributed by atoms with Gasteiger partial charge in [-0.25, -0.2) is 4.98 Å². The smallest absolute Gasteiger partial charge is 0.252 e. The lowest BCUT2D eigenvalue weighted by molar-refractivity contribution is 0.0952. The Kier molecular flexibility index (Phi) is 5.57. The van der Waals surface area contributed by atoms with Crippen LogP contribution in [0.2, 0.25) is 0 Å². The van der Waals surface area contributed by atoms with Crippen LogP contribution in [0.25, 0.3) is 22.2 Å². The molecule has 0 radical (unpaired) electrons. The fourth-order valence-corrected chi connectivity index (χ4v) is 3.49. The van der Waals surface area contributed by atoms with E-state index in [1.807, 2.05) is 43.3 Å². The summed E-state index contributed by atoms with van der Waals surface area (Å²) in [6.07, 6.45) is 3.48. The standard InChI is InChI=1S/C26H25N3O/c1-17(2)20-7-9-21(10-8-20)25-14-23(22-13-18(3)6-11-24(22)29-25)26(30)28-16-19-5-4-12-27-15-19/h4-15,17H,16H2,1-3H3,(H,28,30). The zero-order chi connectivity index (χ0) is 21.1. The summed E-state index contributed by atoms with van der Waals surface area (Å²) >= 11 is 0. The zero-order valence-electron chi connectivity index (χ0n) is 17.5. The molecule has 0 saturated heterocycles. The fraction of sp³-hybridized carbons (Fsp3) is 0.192. The second-order valence-corrected chi connectivity index (χ2v) is 7.90. The van der Waals surface area contributed by atoms with Crippen LogP contribution in [0.15, 0.2) is 73.1 Å². The van der Waals surface area contributed by atoms with Gasteiger partial charge in [0.25, 0.3) is 5.91 Å². The molecule has 150 valence electrons. The first-order valence-corrected chi connectivity index (χ1v) is 10.2. The normalized spacial score (nSPS) is 11.1. The molecule has 0 spiro atoms. The number of hydrogen-bond acceptors (Lipinski definition) is 3. The van der Waals surface area contributed by atoms with E-state index in [4.69, 9.17) is 4.98 Å². The third kappa shape index (κ3) is 4.23. The van der Waals surface area contributed by atoms with Gasteiger partial charge in [-0.05, 0) is 48.2 Å². The summed E-state index contributed by atoms with van der Waals surface area (Å²) < 4.78 is 0. The third-order valence-electron chi connectivity index (χ3n) is 5.26. The summed E-state index contributed by atoms with van der Waals surface area (Å²) in [5, 5.41) is 3.89. The minimum absolute atomic E-state index is 0.114. The highest BCUT2D eigenvalue weighted by molar-refractivity contribution is 6.07. The van der Waals surface area contributed by atoms with Crippen molar-refractivity contribution in [3.05, 3.63) is 95.3 Å². The lowest BCUT2D eigenvalue weighted by Gasteiger charge is -2.12. The van der Waals surface area contributed by atoms with Gasteiger partial charge < -0.3 is 5.32 Å². The number of amides is 1. The summed E-state index contributed by atoms with van der Waals surface area (Å²) in [5.41, 5.74) is 6.60. The first kappa shape index (κ1) is 19.8. The average molecular weight is 396 g/mol. The Hall–Kier alpha value is -3.53. The molecule has 4 rings (SSSR count). The Morgan fingerprint density at radius 2 is 1.83 bits per heavy atom. The molecule has 0 aliphatic rings. The number of aryl methyl sites for hydroxylation is 1. The first-order chi connectivity index (χ1) is 14.5. The van der Waals surface area contributed by atoms with Gasteiger partial charge in [-0.1, -0.05) is 55.8 Å². The molecule has 0 saturated carbocycles. The molecule has 0 aliphatic carbocycles. The van der Waals surface area contributed by atoms with Crippen molar-refractivity contribution in [1.29, 1.82) is 0 Å². The van der Waals surface area contributed by atoms with Crippen LogP contribution in [0.3, 0.4) is 0 Å². The predicted molar refractivity (Wildman–Crippen MR) is 121 cm³/mol. The molecule has 0 atom stereocenters. The van der Waals surface area contributed by atoms with Gasteiger partial charge in [-0.3, -0.25) is 9.78 Å². The monoisotopic (exact) mass is 395 g/mol. The molecule has 30 heavy (non-hydrogen) atoms. The van der Waals surface area contributed by atoms with Crippen molar-refractivity contribution in [1.82, 2.24) is 15.3 Å². The summed E-state index contributed by atoms with van der Waals surface area (Å²) in [5.74, 6) is 0.359. The maximum absolute atomic E-state index is 13.1. The molecule has 1 amide bonds. The van der Waals surface area contributed by atoms with Gasteiger partial charge >= 0.3 is 0 Å². The first-order valence-electron chi connectivity index (χ1n) is 10.2. The quantitative estimate of drug-likeness (QED) is 0.474. The second-order valence-electron chi connectivity index (χ2n) is 7.90. The van der Waals surface area contributed by atoms with Gasteiger partial charge in [0.15, 0.2) is 0 Å². The zero-order valence-corrected chi connectivity index (χ0v) is 17.5. The molecule has 0 unspecified atom stereocenters. The Balaban J connectivity index is 1.73. The van der Waals surface area contributed by atoms with Crippen LogP contribution < -0.4 is 5.32 Å². The predicted octanol–water partition coefficient (Wildman–Crippen LogP) is 5.66. The minimum atomic E-state index is -0.114. The number of nitrogens with one attached hydrogen (secondary N) is 1. The van der Waals surface area contributed by atoms with E-state index < -0.39 is 0 Å². The Morgan fingerprint density at radius 3 is 2.53 bits per heavy atom. The number of aromatic nitrogens is 2. The van der Waals surface area contributed by atoms with Crippen LogP contribution in [-0.4, -0.2) is 15.9 Å². The Labute approximate surface area is 177 Å². The number of benzene rings is 2. The molecule has 4 heteroatoms. The van der Waals surface area contributed by atoms with Gasteiger partial charge in [-0.2, -0.15) is 0 Å². The number of nitrogens with zero attached hydrogens (tertiary/aromatic N) is 2. The number of carbonyl (C=O) groups is 1. The molecule has 4 aromatic rings. The van der Waals surface area contributed by atoms with E-state index in [1.54, 1.807) is 12.4 Å². The van der Waals surface area contributed by atoms with E-state index in [-0.39, 0.29) is 5.91 Å².